The number of ether oxygens (including phenoxy) is 2. The van der Waals surface area contributed by atoms with Crippen molar-refractivity contribution in [3.63, 3.8) is 0 Å². The summed E-state index contributed by atoms with van der Waals surface area (Å²) in [5.74, 6) is 0.432. The van der Waals surface area contributed by atoms with Gasteiger partial charge in [0.1, 0.15) is 12.4 Å². The van der Waals surface area contributed by atoms with Crippen LogP contribution >= 0.6 is 0 Å². The van der Waals surface area contributed by atoms with Gasteiger partial charge in [0.2, 0.25) is 0 Å². The van der Waals surface area contributed by atoms with Gasteiger partial charge in [-0.1, -0.05) is 78.9 Å². The first-order valence-corrected chi connectivity index (χ1v) is 8.65. The number of hydrogen-bond acceptors (Lipinski definition) is 3. The van der Waals surface area contributed by atoms with E-state index in [4.69, 9.17) is 9.47 Å². The summed E-state index contributed by atoms with van der Waals surface area (Å²) in [7, 11) is 1.42. The van der Waals surface area contributed by atoms with Crippen molar-refractivity contribution in [3.8, 4) is 5.75 Å². The minimum Gasteiger partial charge on any atom is -0.489 e. The number of methoxy groups -OCH3 is 1. The molecular formula is C23H22O3. The number of carbonyl (C=O) groups is 1. The molecule has 0 aliphatic rings. The van der Waals surface area contributed by atoms with Crippen LogP contribution in [0.25, 0.3) is 0 Å². The maximum Gasteiger partial charge on any atom is 0.306 e. The molecule has 0 radical (unpaired) electrons. The lowest BCUT2D eigenvalue weighted by atomic mass is 9.88. The van der Waals surface area contributed by atoms with Gasteiger partial charge >= 0.3 is 5.97 Å². The van der Waals surface area contributed by atoms with E-state index in [0.29, 0.717) is 6.61 Å². The number of carbonyl (C=O) groups excluding carboxylic acids is 1. The second kappa shape index (κ2) is 8.86. The van der Waals surface area contributed by atoms with Crippen LogP contribution < -0.4 is 4.74 Å². The predicted molar refractivity (Wildman–Crippen MR) is 102 cm³/mol. The second-order valence-corrected chi connectivity index (χ2v) is 6.06. The molecule has 0 aliphatic carbocycles. The first-order valence-electron chi connectivity index (χ1n) is 8.65. The van der Waals surface area contributed by atoms with E-state index in [-0.39, 0.29) is 18.3 Å². The molecule has 0 amide bonds. The van der Waals surface area contributed by atoms with Gasteiger partial charge in [-0.05, 0) is 17.2 Å². The summed E-state index contributed by atoms with van der Waals surface area (Å²) in [4.78, 5) is 12.0. The molecular weight excluding hydrogens is 324 g/mol. The Hall–Kier alpha value is -3.07. The summed E-state index contributed by atoms with van der Waals surface area (Å²) in [5.41, 5.74) is 3.15. The van der Waals surface area contributed by atoms with Gasteiger partial charge in [0.15, 0.2) is 0 Å². The summed E-state index contributed by atoms with van der Waals surface area (Å²) in [5, 5.41) is 0. The number of rotatable bonds is 7. The van der Waals surface area contributed by atoms with Crippen LogP contribution in [0.15, 0.2) is 84.9 Å². The molecule has 3 aromatic carbocycles. The van der Waals surface area contributed by atoms with Crippen molar-refractivity contribution in [1.29, 1.82) is 0 Å². The quantitative estimate of drug-likeness (QED) is 0.567. The van der Waals surface area contributed by atoms with Crippen LogP contribution in [0.5, 0.6) is 5.75 Å². The molecule has 0 bridgehead atoms. The lowest BCUT2D eigenvalue weighted by Gasteiger charge is -2.20. The van der Waals surface area contributed by atoms with Crippen LogP contribution in [0.2, 0.25) is 0 Å². The molecule has 0 aromatic heterocycles. The highest BCUT2D eigenvalue weighted by Crippen LogP contribution is 2.35. The van der Waals surface area contributed by atoms with Gasteiger partial charge in [-0.2, -0.15) is 0 Å². The smallest absolute Gasteiger partial charge is 0.306 e. The van der Waals surface area contributed by atoms with Gasteiger partial charge in [-0.3, -0.25) is 4.79 Å². The molecule has 0 N–H and O–H groups in total. The average Bonchev–Trinajstić information content (AvgIpc) is 2.72. The molecule has 1 unspecified atom stereocenters. The third-order valence-corrected chi connectivity index (χ3v) is 4.33. The normalized spacial score (nSPS) is 11.6. The molecule has 0 aliphatic heterocycles. The topological polar surface area (TPSA) is 35.5 Å². The Balaban J connectivity index is 1.90. The molecule has 0 spiro atoms. The third-order valence-electron chi connectivity index (χ3n) is 4.33. The maximum atomic E-state index is 12.0. The van der Waals surface area contributed by atoms with Crippen molar-refractivity contribution >= 4 is 5.97 Å². The van der Waals surface area contributed by atoms with Crippen LogP contribution in [0.4, 0.5) is 0 Å². The Bertz CT molecular complexity index is 828. The molecule has 3 nitrogen and oxygen atoms in total. The summed E-state index contributed by atoms with van der Waals surface area (Å²) >= 11 is 0. The SMILES string of the molecule is COC(=O)CC(c1ccccc1)c1ccccc1OCc1ccccc1. The lowest BCUT2D eigenvalue weighted by molar-refractivity contribution is -0.140. The highest BCUT2D eigenvalue weighted by Gasteiger charge is 2.22. The van der Waals surface area contributed by atoms with Gasteiger partial charge in [-0.15, -0.1) is 0 Å². The predicted octanol–water partition coefficient (Wildman–Crippen LogP) is 4.96. The Labute approximate surface area is 154 Å². The van der Waals surface area contributed by atoms with E-state index >= 15 is 0 Å². The molecule has 26 heavy (non-hydrogen) atoms. The van der Waals surface area contributed by atoms with Crippen molar-refractivity contribution < 1.29 is 14.3 Å². The molecule has 3 heteroatoms. The fourth-order valence-corrected chi connectivity index (χ4v) is 2.98. The first-order chi connectivity index (χ1) is 12.8. The Kier molecular flexibility index (Phi) is 6.05. The van der Waals surface area contributed by atoms with Crippen LogP contribution in [-0.4, -0.2) is 13.1 Å². The van der Waals surface area contributed by atoms with Crippen LogP contribution in [-0.2, 0) is 16.1 Å². The molecule has 0 saturated carbocycles. The fraction of sp³-hybridized carbons (Fsp3) is 0.174. The van der Waals surface area contributed by atoms with E-state index in [2.05, 4.69) is 0 Å². The monoisotopic (exact) mass is 346 g/mol. The summed E-state index contributed by atoms with van der Waals surface area (Å²) in [6, 6.07) is 27.9. The Morgan fingerprint density at radius 2 is 1.46 bits per heavy atom. The largest absolute Gasteiger partial charge is 0.489 e. The minimum atomic E-state index is -0.239. The molecule has 132 valence electrons. The number of esters is 1. The van der Waals surface area contributed by atoms with Crippen LogP contribution in [0.3, 0.4) is 0 Å². The Morgan fingerprint density at radius 3 is 2.15 bits per heavy atom. The van der Waals surface area contributed by atoms with E-state index in [1.165, 1.54) is 7.11 Å². The molecule has 3 aromatic rings. The van der Waals surface area contributed by atoms with Crippen molar-refractivity contribution in [2.24, 2.45) is 0 Å². The van der Waals surface area contributed by atoms with Crippen molar-refractivity contribution in [2.75, 3.05) is 7.11 Å². The van der Waals surface area contributed by atoms with Gasteiger partial charge in [0.25, 0.3) is 0 Å². The van der Waals surface area contributed by atoms with Crippen LogP contribution in [0, 0.1) is 0 Å². The van der Waals surface area contributed by atoms with Crippen molar-refractivity contribution in [3.05, 3.63) is 102 Å². The van der Waals surface area contributed by atoms with Crippen molar-refractivity contribution in [2.45, 2.75) is 18.9 Å². The van der Waals surface area contributed by atoms with E-state index < -0.39 is 0 Å². The zero-order valence-corrected chi connectivity index (χ0v) is 14.8. The highest BCUT2D eigenvalue weighted by molar-refractivity contribution is 5.71. The summed E-state index contributed by atoms with van der Waals surface area (Å²) < 4.78 is 11.0. The Morgan fingerprint density at radius 1 is 0.846 bits per heavy atom. The maximum absolute atomic E-state index is 12.0. The van der Waals surface area contributed by atoms with Gasteiger partial charge in [0, 0.05) is 11.5 Å². The highest BCUT2D eigenvalue weighted by atomic mass is 16.5. The molecule has 0 fully saturated rings. The van der Waals surface area contributed by atoms with Gasteiger partial charge in [-0.25, -0.2) is 0 Å². The third kappa shape index (κ3) is 4.51. The minimum absolute atomic E-state index is 0.115. The lowest BCUT2D eigenvalue weighted by Crippen LogP contribution is -2.11. The molecule has 1 atom stereocenters. The zero-order valence-electron chi connectivity index (χ0n) is 14.8. The number of para-hydroxylation sites is 1. The van der Waals surface area contributed by atoms with Gasteiger partial charge in [0.05, 0.1) is 13.5 Å². The zero-order chi connectivity index (χ0) is 18.2. The van der Waals surface area contributed by atoms with Crippen molar-refractivity contribution in [1.82, 2.24) is 0 Å². The molecule has 0 heterocycles. The fourth-order valence-electron chi connectivity index (χ4n) is 2.98. The molecule has 3 rings (SSSR count). The summed E-state index contributed by atoms with van der Waals surface area (Å²) in [6.07, 6.45) is 0.270. The molecule has 0 saturated heterocycles. The van der Waals surface area contributed by atoms with E-state index in [0.717, 1.165) is 22.4 Å². The second-order valence-electron chi connectivity index (χ2n) is 6.06. The van der Waals surface area contributed by atoms with E-state index in [1.807, 2.05) is 84.9 Å². The average molecular weight is 346 g/mol. The summed E-state index contributed by atoms with van der Waals surface area (Å²) in [6.45, 7) is 0.484. The van der Waals surface area contributed by atoms with E-state index in [1.54, 1.807) is 0 Å². The number of hydrogen-bond donors (Lipinski definition) is 0. The number of benzene rings is 3. The first kappa shape index (κ1) is 17.7. The van der Waals surface area contributed by atoms with Gasteiger partial charge < -0.3 is 9.47 Å². The standard InChI is InChI=1S/C23H22O3/c1-25-23(24)16-21(19-12-6-3-7-13-19)20-14-8-9-15-22(20)26-17-18-10-4-2-5-11-18/h2-15,21H,16-17H2,1H3. The van der Waals surface area contributed by atoms with E-state index in [9.17, 15) is 4.79 Å². The van der Waals surface area contributed by atoms with Crippen LogP contribution in [0.1, 0.15) is 29.0 Å².